The lowest BCUT2D eigenvalue weighted by Gasteiger charge is -2.26. The van der Waals surface area contributed by atoms with Crippen molar-refractivity contribution in [2.75, 3.05) is 20.8 Å². The van der Waals surface area contributed by atoms with Gasteiger partial charge in [-0.25, -0.2) is 0 Å². The molecule has 0 amide bonds. The van der Waals surface area contributed by atoms with E-state index in [1.807, 2.05) is 12.1 Å². The minimum atomic E-state index is 0.389. The fraction of sp³-hybridized carbons (Fsp3) is 0.412. The van der Waals surface area contributed by atoms with Crippen LogP contribution < -0.4 is 14.8 Å². The summed E-state index contributed by atoms with van der Waals surface area (Å²) in [7, 11) is 3.33. The quantitative estimate of drug-likeness (QED) is 0.806. The van der Waals surface area contributed by atoms with E-state index in [1.165, 1.54) is 17.6 Å². The summed E-state index contributed by atoms with van der Waals surface area (Å²) in [6.07, 6.45) is 7.75. The summed E-state index contributed by atoms with van der Waals surface area (Å²) in [6, 6.07) is 6.51. The molecule has 0 unspecified atom stereocenters. The summed E-state index contributed by atoms with van der Waals surface area (Å²) < 4.78 is 10.7. The molecule has 1 aromatic rings. The van der Waals surface area contributed by atoms with E-state index < -0.39 is 0 Å². The summed E-state index contributed by atoms with van der Waals surface area (Å²) >= 11 is 0. The molecule has 0 spiro atoms. The topological polar surface area (TPSA) is 30.5 Å². The third-order valence-electron chi connectivity index (χ3n) is 3.66. The van der Waals surface area contributed by atoms with Crippen LogP contribution in [0.3, 0.4) is 0 Å². The zero-order valence-electron chi connectivity index (χ0n) is 12.3. The van der Waals surface area contributed by atoms with Crippen molar-refractivity contribution in [3.05, 3.63) is 42.5 Å². The Morgan fingerprint density at radius 1 is 1.30 bits per heavy atom. The van der Waals surface area contributed by atoms with Crippen LogP contribution in [-0.4, -0.2) is 26.8 Å². The third-order valence-corrected chi connectivity index (χ3v) is 3.66. The molecule has 0 bridgehead atoms. The van der Waals surface area contributed by atoms with Crippen LogP contribution in [0.1, 0.15) is 24.8 Å². The maximum atomic E-state index is 5.40. The number of benzene rings is 1. The number of methoxy groups -OCH3 is 2. The van der Waals surface area contributed by atoms with Crippen LogP contribution >= 0.6 is 0 Å². The molecule has 1 atom stereocenters. The summed E-state index contributed by atoms with van der Waals surface area (Å²) in [5.41, 5.74) is 2.54. The molecule has 0 saturated carbocycles. The van der Waals surface area contributed by atoms with E-state index in [0.717, 1.165) is 30.9 Å². The van der Waals surface area contributed by atoms with Gasteiger partial charge in [0.1, 0.15) is 0 Å². The third kappa shape index (κ3) is 3.23. The van der Waals surface area contributed by atoms with Gasteiger partial charge in [-0.15, -0.1) is 6.58 Å². The lowest BCUT2D eigenvalue weighted by molar-refractivity contribution is 0.355. The molecule has 0 radical (unpaired) electrons. The Balaban J connectivity index is 2.28. The Bertz CT molecular complexity index is 494. The molecule has 0 fully saturated rings. The molecule has 20 heavy (non-hydrogen) atoms. The summed E-state index contributed by atoms with van der Waals surface area (Å²) in [6.45, 7) is 4.60. The van der Waals surface area contributed by atoms with E-state index in [0.29, 0.717) is 6.04 Å². The molecule has 0 aromatic heterocycles. The van der Waals surface area contributed by atoms with Gasteiger partial charge >= 0.3 is 0 Å². The van der Waals surface area contributed by atoms with Crippen molar-refractivity contribution in [3.63, 3.8) is 0 Å². The van der Waals surface area contributed by atoms with Crippen molar-refractivity contribution in [3.8, 4) is 11.5 Å². The zero-order chi connectivity index (χ0) is 14.4. The molecule has 0 saturated heterocycles. The largest absolute Gasteiger partial charge is 0.493 e. The van der Waals surface area contributed by atoms with Crippen molar-refractivity contribution in [2.24, 2.45) is 0 Å². The van der Waals surface area contributed by atoms with E-state index in [-0.39, 0.29) is 0 Å². The summed E-state index contributed by atoms with van der Waals surface area (Å²) in [5.74, 6) is 1.54. The van der Waals surface area contributed by atoms with Crippen LogP contribution in [0.5, 0.6) is 11.5 Å². The maximum absolute atomic E-state index is 5.40. The van der Waals surface area contributed by atoms with E-state index in [9.17, 15) is 0 Å². The van der Waals surface area contributed by atoms with Gasteiger partial charge in [0.05, 0.1) is 14.2 Å². The molecular formula is C17H23NO2. The van der Waals surface area contributed by atoms with Crippen LogP contribution in [0.25, 0.3) is 5.57 Å². The first kappa shape index (κ1) is 14.7. The first-order valence-electron chi connectivity index (χ1n) is 7.07. The molecule has 1 aromatic carbocycles. The Hall–Kier alpha value is -1.74. The average Bonchev–Trinajstić information content (AvgIpc) is 2.52. The fourth-order valence-corrected chi connectivity index (χ4v) is 2.65. The van der Waals surface area contributed by atoms with Crippen LogP contribution in [-0.2, 0) is 0 Å². The Morgan fingerprint density at radius 2 is 2.10 bits per heavy atom. The SMILES string of the molecule is C=CCN[C@H]1CCCC=C1c1ccc(OC)c(OC)c1. The van der Waals surface area contributed by atoms with Crippen molar-refractivity contribution in [1.29, 1.82) is 0 Å². The molecule has 0 aliphatic heterocycles. The lowest BCUT2D eigenvalue weighted by atomic mass is 9.89. The number of hydrogen-bond acceptors (Lipinski definition) is 3. The van der Waals surface area contributed by atoms with Crippen molar-refractivity contribution in [1.82, 2.24) is 5.32 Å². The lowest BCUT2D eigenvalue weighted by Crippen LogP contribution is -2.31. The van der Waals surface area contributed by atoms with Gasteiger partial charge in [0.15, 0.2) is 11.5 Å². The van der Waals surface area contributed by atoms with Gasteiger partial charge < -0.3 is 14.8 Å². The van der Waals surface area contributed by atoms with Crippen LogP contribution in [0, 0.1) is 0 Å². The molecular weight excluding hydrogens is 250 g/mol. The molecule has 0 heterocycles. The zero-order valence-corrected chi connectivity index (χ0v) is 12.3. The highest BCUT2D eigenvalue weighted by molar-refractivity contribution is 5.72. The standard InChI is InChI=1S/C17H23NO2/c1-4-11-18-15-8-6-5-7-14(15)13-9-10-16(19-2)17(12-13)20-3/h4,7,9-10,12,15,18H,1,5-6,8,11H2,2-3H3/t15-/m0/s1. The van der Waals surface area contributed by atoms with Gasteiger partial charge in [-0.05, 0) is 42.5 Å². The second kappa shape index (κ2) is 7.15. The monoisotopic (exact) mass is 273 g/mol. The van der Waals surface area contributed by atoms with E-state index in [1.54, 1.807) is 14.2 Å². The second-order valence-corrected chi connectivity index (χ2v) is 4.91. The van der Waals surface area contributed by atoms with Crippen LogP contribution in [0.4, 0.5) is 0 Å². The number of nitrogens with one attached hydrogen (secondary N) is 1. The Kier molecular flexibility index (Phi) is 5.24. The molecule has 1 aliphatic carbocycles. The first-order chi connectivity index (χ1) is 9.80. The van der Waals surface area contributed by atoms with Crippen molar-refractivity contribution in [2.45, 2.75) is 25.3 Å². The predicted octanol–water partition coefficient (Wildman–Crippen LogP) is 3.42. The van der Waals surface area contributed by atoms with Gasteiger partial charge in [0, 0.05) is 12.6 Å². The van der Waals surface area contributed by atoms with Gasteiger partial charge in [-0.3, -0.25) is 0 Å². The van der Waals surface area contributed by atoms with Crippen molar-refractivity contribution >= 4 is 5.57 Å². The Labute approximate surface area is 121 Å². The van der Waals surface area contributed by atoms with Crippen molar-refractivity contribution < 1.29 is 9.47 Å². The maximum Gasteiger partial charge on any atom is 0.161 e. The highest BCUT2D eigenvalue weighted by Gasteiger charge is 2.19. The Morgan fingerprint density at radius 3 is 2.80 bits per heavy atom. The molecule has 3 heteroatoms. The molecule has 108 valence electrons. The molecule has 3 nitrogen and oxygen atoms in total. The van der Waals surface area contributed by atoms with Gasteiger partial charge in [-0.2, -0.15) is 0 Å². The van der Waals surface area contributed by atoms with Crippen LogP contribution in [0.2, 0.25) is 0 Å². The van der Waals surface area contributed by atoms with Gasteiger partial charge in [-0.1, -0.05) is 18.2 Å². The first-order valence-corrected chi connectivity index (χ1v) is 7.07. The smallest absolute Gasteiger partial charge is 0.161 e. The number of rotatable bonds is 6. The van der Waals surface area contributed by atoms with Gasteiger partial charge in [0.2, 0.25) is 0 Å². The summed E-state index contributed by atoms with van der Waals surface area (Å²) in [4.78, 5) is 0. The second-order valence-electron chi connectivity index (χ2n) is 4.91. The minimum absolute atomic E-state index is 0.389. The number of ether oxygens (including phenoxy) is 2. The summed E-state index contributed by atoms with van der Waals surface area (Å²) in [5, 5.41) is 3.53. The average molecular weight is 273 g/mol. The predicted molar refractivity (Wildman–Crippen MR) is 83.4 cm³/mol. The fourth-order valence-electron chi connectivity index (χ4n) is 2.65. The van der Waals surface area contributed by atoms with Gasteiger partial charge in [0.25, 0.3) is 0 Å². The number of allylic oxidation sites excluding steroid dienone is 1. The normalized spacial score (nSPS) is 18.3. The molecule has 2 rings (SSSR count). The minimum Gasteiger partial charge on any atom is -0.493 e. The molecule has 1 N–H and O–H groups in total. The number of hydrogen-bond donors (Lipinski definition) is 1. The van der Waals surface area contributed by atoms with Crippen LogP contribution in [0.15, 0.2) is 36.9 Å². The van der Waals surface area contributed by atoms with E-state index >= 15 is 0 Å². The van der Waals surface area contributed by atoms with E-state index in [4.69, 9.17) is 9.47 Å². The highest BCUT2D eigenvalue weighted by atomic mass is 16.5. The van der Waals surface area contributed by atoms with E-state index in [2.05, 4.69) is 30.1 Å². The highest BCUT2D eigenvalue weighted by Crippen LogP contribution is 2.34. The molecule has 1 aliphatic rings.